The van der Waals surface area contributed by atoms with Gasteiger partial charge in [0.2, 0.25) is 5.89 Å². The minimum atomic E-state index is -0.542. The molecule has 1 fully saturated rings. The first-order valence-electron chi connectivity index (χ1n) is 5.91. The molecule has 1 aromatic rings. The van der Waals surface area contributed by atoms with Gasteiger partial charge in [-0.1, -0.05) is 0 Å². The van der Waals surface area contributed by atoms with Crippen LogP contribution in [0.1, 0.15) is 42.7 Å². The molecule has 0 N–H and O–H groups in total. The van der Waals surface area contributed by atoms with Gasteiger partial charge in [0, 0.05) is 13.0 Å². The molecule has 6 nitrogen and oxygen atoms in total. The molecule has 1 aliphatic heterocycles. The van der Waals surface area contributed by atoms with Crippen molar-refractivity contribution >= 4 is 5.97 Å². The van der Waals surface area contributed by atoms with Crippen LogP contribution in [0.25, 0.3) is 0 Å². The lowest BCUT2D eigenvalue weighted by atomic mass is 10.1. The van der Waals surface area contributed by atoms with Gasteiger partial charge < -0.3 is 14.0 Å². The van der Waals surface area contributed by atoms with Gasteiger partial charge >= 0.3 is 5.97 Å². The summed E-state index contributed by atoms with van der Waals surface area (Å²) in [6.07, 6.45) is 3.97. The maximum Gasteiger partial charge on any atom is 0.379 e. The van der Waals surface area contributed by atoms with Crippen LogP contribution in [-0.2, 0) is 15.9 Å². The summed E-state index contributed by atoms with van der Waals surface area (Å²) in [6, 6.07) is 0. The van der Waals surface area contributed by atoms with E-state index in [1.54, 1.807) is 6.92 Å². The zero-order chi connectivity index (χ0) is 12.1. The van der Waals surface area contributed by atoms with Crippen molar-refractivity contribution in [2.24, 2.45) is 0 Å². The van der Waals surface area contributed by atoms with Gasteiger partial charge in [0.1, 0.15) is 0 Å². The van der Waals surface area contributed by atoms with Crippen molar-refractivity contribution in [3.63, 3.8) is 0 Å². The van der Waals surface area contributed by atoms with Crippen LogP contribution in [0, 0.1) is 0 Å². The lowest BCUT2D eigenvalue weighted by Crippen LogP contribution is -2.08. The molecule has 0 saturated carbocycles. The van der Waals surface area contributed by atoms with Crippen LogP contribution < -0.4 is 0 Å². The Morgan fingerprint density at radius 1 is 1.59 bits per heavy atom. The summed E-state index contributed by atoms with van der Waals surface area (Å²) in [7, 11) is 0. The fraction of sp³-hybridized carbons (Fsp3) is 0.727. The van der Waals surface area contributed by atoms with Gasteiger partial charge in [-0.3, -0.25) is 0 Å². The van der Waals surface area contributed by atoms with E-state index in [2.05, 4.69) is 10.1 Å². The van der Waals surface area contributed by atoms with Crippen molar-refractivity contribution in [1.82, 2.24) is 10.1 Å². The third-order valence-electron chi connectivity index (χ3n) is 2.63. The first kappa shape index (κ1) is 12.0. The first-order chi connectivity index (χ1) is 8.29. The summed E-state index contributed by atoms with van der Waals surface area (Å²) in [5, 5.41) is 3.58. The second-order valence-corrected chi connectivity index (χ2v) is 3.91. The Morgan fingerprint density at radius 3 is 3.18 bits per heavy atom. The lowest BCUT2D eigenvalue weighted by Gasteiger charge is -2.05. The number of hydrogen-bond donors (Lipinski definition) is 0. The summed E-state index contributed by atoms with van der Waals surface area (Å²) >= 11 is 0. The number of carbonyl (C=O) groups is 1. The van der Waals surface area contributed by atoms with Crippen molar-refractivity contribution in [1.29, 1.82) is 0 Å². The average Bonchev–Trinajstić information content (AvgIpc) is 2.98. The van der Waals surface area contributed by atoms with Crippen molar-refractivity contribution < 1.29 is 18.8 Å². The van der Waals surface area contributed by atoms with Gasteiger partial charge in [0.25, 0.3) is 5.82 Å². The lowest BCUT2D eigenvalue weighted by molar-refractivity contribution is 0.0508. The molecule has 0 aliphatic carbocycles. The van der Waals surface area contributed by atoms with Crippen LogP contribution in [0.4, 0.5) is 0 Å². The zero-order valence-corrected chi connectivity index (χ0v) is 9.85. The number of aromatic nitrogens is 2. The highest BCUT2D eigenvalue weighted by Crippen LogP contribution is 2.17. The van der Waals surface area contributed by atoms with Crippen LogP contribution >= 0.6 is 0 Å². The molecule has 6 heteroatoms. The summed E-state index contributed by atoms with van der Waals surface area (Å²) in [5.74, 6) is -0.0858. The number of esters is 1. The Hall–Kier alpha value is -1.43. The van der Waals surface area contributed by atoms with Crippen molar-refractivity contribution in [3.8, 4) is 0 Å². The van der Waals surface area contributed by atoms with E-state index < -0.39 is 5.97 Å². The van der Waals surface area contributed by atoms with Crippen LogP contribution in [0.15, 0.2) is 4.52 Å². The number of ether oxygens (including phenoxy) is 2. The highest BCUT2D eigenvalue weighted by Gasteiger charge is 2.19. The molecule has 0 radical (unpaired) electrons. The van der Waals surface area contributed by atoms with Crippen LogP contribution in [0.5, 0.6) is 0 Å². The number of nitrogens with zero attached hydrogens (tertiary/aromatic N) is 2. The van der Waals surface area contributed by atoms with Gasteiger partial charge in [0.05, 0.1) is 12.7 Å². The quantitative estimate of drug-likeness (QED) is 0.723. The minimum absolute atomic E-state index is 0.00538. The maximum atomic E-state index is 11.3. The standard InChI is InChI=1S/C11H16N2O4/c1-2-15-11(14)10-12-9(17-13-10)6-5-8-4-3-7-16-8/h8H,2-7H2,1H3. The SMILES string of the molecule is CCOC(=O)c1noc(CCC2CCCO2)n1. The molecule has 2 heterocycles. The number of aryl methyl sites for hydroxylation is 1. The molecule has 17 heavy (non-hydrogen) atoms. The summed E-state index contributed by atoms with van der Waals surface area (Å²) in [6.45, 7) is 2.87. The van der Waals surface area contributed by atoms with E-state index in [0.29, 0.717) is 18.9 Å². The molecular formula is C11H16N2O4. The smallest absolute Gasteiger partial charge is 0.379 e. The van der Waals surface area contributed by atoms with Gasteiger partial charge in [0.15, 0.2) is 0 Å². The Bertz CT molecular complexity index is 371. The molecule has 1 aromatic heterocycles. The van der Waals surface area contributed by atoms with Gasteiger partial charge in [-0.25, -0.2) is 4.79 Å². The number of carbonyl (C=O) groups excluding carboxylic acids is 1. The van der Waals surface area contributed by atoms with Crippen LogP contribution in [0.3, 0.4) is 0 Å². The summed E-state index contributed by atoms with van der Waals surface area (Å²) in [4.78, 5) is 15.3. The van der Waals surface area contributed by atoms with Crippen molar-refractivity contribution in [3.05, 3.63) is 11.7 Å². The largest absolute Gasteiger partial charge is 0.460 e. The molecular weight excluding hydrogens is 224 g/mol. The fourth-order valence-corrected chi connectivity index (χ4v) is 1.79. The Balaban J connectivity index is 1.83. The second-order valence-electron chi connectivity index (χ2n) is 3.91. The third-order valence-corrected chi connectivity index (χ3v) is 2.63. The fourth-order valence-electron chi connectivity index (χ4n) is 1.79. The predicted molar refractivity (Wildman–Crippen MR) is 57.5 cm³/mol. The number of hydrogen-bond acceptors (Lipinski definition) is 6. The molecule has 2 rings (SSSR count). The van der Waals surface area contributed by atoms with Gasteiger partial charge in [-0.2, -0.15) is 4.98 Å². The molecule has 1 aliphatic rings. The van der Waals surface area contributed by atoms with E-state index in [4.69, 9.17) is 14.0 Å². The minimum Gasteiger partial charge on any atom is -0.460 e. The molecule has 1 saturated heterocycles. The van der Waals surface area contributed by atoms with E-state index in [1.807, 2.05) is 0 Å². The molecule has 0 bridgehead atoms. The van der Waals surface area contributed by atoms with Crippen LogP contribution in [-0.4, -0.2) is 35.4 Å². The summed E-state index contributed by atoms with van der Waals surface area (Å²) in [5.41, 5.74) is 0. The van der Waals surface area contributed by atoms with Gasteiger partial charge in [-0.15, -0.1) is 0 Å². The Kier molecular flexibility index (Phi) is 4.08. The Labute approximate surface area is 99.3 Å². The number of rotatable bonds is 5. The van der Waals surface area contributed by atoms with E-state index >= 15 is 0 Å². The highest BCUT2D eigenvalue weighted by molar-refractivity contribution is 5.84. The molecule has 94 valence electrons. The second kappa shape index (κ2) is 5.77. The van der Waals surface area contributed by atoms with Crippen molar-refractivity contribution in [2.45, 2.75) is 38.7 Å². The monoisotopic (exact) mass is 240 g/mol. The van der Waals surface area contributed by atoms with Crippen molar-refractivity contribution in [2.75, 3.05) is 13.2 Å². The average molecular weight is 240 g/mol. The molecule has 0 spiro atoms. The first-order valence-corrected chi connectivity index (χ1v) is 5.91. The summed E-state index contributed by atoms with van der Waals surface area (Å²) < 4.78 is 15.2. The van der Waals surface area contributed by atoms with E-state index in [1.165, 1.54) is 0 Å². The molecule has 0 amide bonds. The third kappa shape index (κ3) is 3.26. The normalized spacial score (nSPS) is 19.5. The Morgan fingerprint density at radius 2 is 2.47 bits per heavy atom. The predicted octanol–water partition coefficient (Wildman–Crippen LogP) is 1.36. The van der Waals surface area contributed by atoms with Crippen LogP contribution in [0.2, 0.25) is 0 Å². The topological polar surface area (TPSA) is 74.5 Å². The van der Waals surface area contributed by atoms with E-state index in [0.717, 1.165) is 25.9 Å². The molecule has 1 atom stereocenters. The van der Waals surface area contributed by atoms with Gasteiger partial charge in [-0.05, 0) is 31.3 Å². The molecule has 1 unspecified atom stereocenters. The zero-order valence-electron chi connectivity index (χ0n) is 9.85. The molecule has 0 aromatic carbocycles. The highest BCUT2D eigenvalue weighted by atomic mass is 16.5. The van der Waals surface area contributed by atoms with E-state index in [-0.39, 0.29) is 11.9 Å². The van der Waals surface area contributed by atoms with E-state index in [9.17, 15) is 4.79 Å². The maximum absolute atomic E-state index is 11.3.